The van der Waals surface area contributed by atoms with E-state index in [2.05, 4.69) is 20.3 Å². The first-order chi connectivity index (χ1) is 15.5. The summed E-state index contributed by atoms with van der Waals surface area (Å²) in [6, 6.07) is 17.0. The number of aromatic nitrogens is 3. The number of hydrogen-bond acceptors (Lipinski definition) is 6. The van der Waals surface area contributed by atoms with E-state index in [4.69, 9.17) is 10.5 Å². The van der Waals surface area contributed by atoms with Crippen LogP contribution in [0.1, 0.15) is 26.3 Å². The standard InChI is InChI=1S/C24H19N5O3/c1-15-7-8-17(23(31)29-18-5-2-4-16(12-18)22(25)30)13-21(15)32-24-19(6-3-10-27-24)20-9-11-26-14-28-20/h2-14H,1H3,(H2,25,30)(H,29,31). The van der Waals surface area contributed by atoms with Gasteiger partial charge in [0.15, 0.2) is 0 Å². The van der Waals surface area contributed by atoms with Crippen molar-refractivity contribution in [1.82, 2.24) is 15.0 Å². The molecule has 0 aliphatic rings. The maximum atomic E-state index is 12.8. The minimum absolute atomic E-state index is 0.308. The van der Waals surface area contributed by atoms with Gasteiger partial charge in [0.1, 0.15) is 12.1 Å². The number of primary amides is 1. The predicted octanol–water partition coefficient (Wildman–Crippen LogP) is 3.99. The van der Waals surface area contributed by atoms with E-state index < -0.39 is 5.91 Å². The fourth-order valence-electron chi connectivity index (χ4n) is 3.03. The summed E-state index contributed by atoms with van der Waals surface area (Å²) in [6.45, 7) is 1.88. The Morgan fingerprint density at radius 1 is 0.938 bits per heavy atom. The lowest BCUT2D eigenvalue weighted by Crippen LogP contribution is -2.14. The quantitative estimate of drug-likeness (QED) is 0.482. The number of carbonyl (C=O) groups excluding carboxylic acids is 2. The van der Waals surface area contributed by atoms with Gasteiger partial charge < -0.3 is 15.8 Å². The molecular formula is C24H19N5O3. The number of rotatable bonds is 6. The smallest absolute Gasteiger partial charge is 0.255 e. The second-order valence-electron chi connectivity index (χ2n) is 6.93. The third-order valence-electron chi connectivity index (χ3n) is 4.69. The summed E-state index contributed by atoms with van der Waals surface area (Å²) in [5, 5.41) is 2.77. The van der Waals surface area contributed by atoms with Gasteiger partial charge in [0.25, 0.3) is 5.91 Å². The third kappa shape index (κ3) is 4.59. The highest BCUT2D eigenvalue weighted by molar-refractivity contribution is 6.05. The van der Waals surface area contributed by atoms with Gasteiger partial charge in [-0.1, -0.05) is 12.1 Å². The van der Waals surface area contributed by atoms with Gasteiger partial charge in [-0.2, -0.15) is 0 Å². The summed E-state index contributed by atoms with van der Waals surface area (Å²) in [5.41, 5.74) is 8.66. The number of amides is 2. The number of nitrogens with two attached hydrogens (primary N) is 1. The molecule has 2 aromatic heterocycles. The molecule has 0 unspecified atom stereocenters. The van der Waals surface area contributed by atoms with Gasteiger partial charge in [0.05, 0.1) is 11.3 Å². The largest absolute Gasteiger partial charge is 0.438 e. The molecule has 158 valence electrons. The fourth-order valence-corrected chi connectivity index (χ4v) is 3.03. The lowest BCUT2D eigenvalue weighted by molar-refractivity contribution is 0.0996. The summed E-state index contributed by atoms with van der Waals surface area (Å²) in [6.07, 6.45) is 4.72. The first-order valence-corrected chi connectivity index (χ1v) is 9.72. The van der Waals surface area contributed by atoms with E-state index in [1.165, 1.54) is 12.4 Å². The maximum Gasteiger partial charge on any atom is 0.255 e. The van der Waals surface area contributed by atoms with E-state index in [0.717, 1.165) is 5.56 Å². The molecule has 2 heterocycles. The second kappa shape index (κ2) is 9.05. The summed E-state index contributed by atoms with van der Waals surface area (Å²) >= 11 is 0. The lowest BCUT2D eigenvalue weighted by atomic mass is 10.1. The average molecular weight is 425 g/mol. The number of nitrogens with one attached hydrogen (secondary N) is 1. The van der Waals surface area contributed by atoms with Crippen LogP contribution in [0.15, 0.2) is 79.4 Å². The molecule has 0 saturated carbocycles. The molecule has 4 rings (SSSR count). The molecule has 0 atom stereocenters. The van der Waals surface area contributed by atoms with E-state index >= 15 is 0 Å². The van der Waals surface area contributed by atoms with Crippen LogP contribution in [0.3, 0.4) is 0 Å². The van der Waals surface area contributed by atoms with Crippen LogP contribution in [0.25, 0.3) is 11.3 Å². The zero-order chi connectivity index (χ0) is 22.5. The molecule has 8 nitrogen and oxygen atoms in total. The number of ether oxygens (including phenoxy) is 1. The summed E-state index contributed by atoms with van der Waals surface area (Å²) in [5.74, 6) is -0.0750. The predicted molar refractivity (Wildman–Crippen MR) is 119 cm³/mol. The number of nitrogens with zero attached hydrogens (tertiary/aromatic N) is 3. The lowest BCUT2D eigenvalue weighted by Gasteiger charge is -2.13. The number of carbonyl (C=O) groups is 2. The van der Waals surface area contributed by atoms with Gasteiger partial charge in [-0.15, -0.1) is 0 Å². The van der Waals surface area contributed by atoms with Crippen LogP contribution in [0.2, 0.25) is 0 Å². The molecule has 8 heteroatoms. The number of anilines is 1. The van der Waals surface area contributed by atoms with Gasteiger partial charge in [0.2, 0.25) is 11.8 Å². The van der Waals surface area contributed by atoms with Gasteiger partial charge >= 0.3 is 0 Å². The molecule has 0 aliphatic heterocycles. The van der Waals surface area contributed by atoms with E-state index in [-0.39, 0.29) is 5.91 Å². The van der Waals surface area contributed by atoms with E-state index in [1.807, 2.05) is 13.0 Å². The van der Waals surface area contributed by atoms with Gasteiger partial charge in [-0.3, -0.25) is 9.59 Å². The van der Waals surface area contributed by atoms with Gasteiger partial charge in [0, 0.05) is 29.2 Å². The summed E-state index contributed by atoms with van der Waals surface area (Å²) < 4.78 is 6.07. The Kier molecular flexibility index (Phi) is 5.85. The van der Waals surface area contributed by atoms with Crippen molar-refractivity contribution in [2.24, 2.45) is 5.73 Å². The van der Waals surface area contributed by atoms with Crippen LogP contribution in [0.5, 0.6) is 11.6 Å². The van der Waals surface area contributed by atoms with Crippen molar-refractivity contribution in [2.75, 3.05) is 5.32 Å². The van der Waals surface area contributed by atoms with Gasteiger partial charge in [-0.25, -0.2) is 15.0 Å². The Hall–Kier alpha value is -4.59. The molecule has 0 radical (unpaired) electrons. The van der Waals surface area contributed by atoms with E-state index in [9.17, 15) is 9.59 Å². The molecule has 0 spiro atoms. The topological polar surface area (TPSA) is 120 Å². The minimum atomic E-state index is -0.568. The molecule has 0 bridgehead atoms. The van der Waals surface area contributed by atoms with Crippen LogP contribution in [0, 0.1) is 6.92 Å². The van der Waals surface area contributed by atoms with Crippen molar-refractivity contribution in [1.29, 1.82) is 0 Å². The van der Waals surface area contributed by atoms with Crippen molar-refractivity contribution in [2.45, 2.75) is 6.92 Å². The molecule has 2 aromatic carbocycles. The molecule has 32 heavy (non-hydrogen) atoms. The first kappa shape index (κ1) is 20.7. The van der Waals surface area contributed by atoms with Gasteiger partial charge in [-0.05, 0) is 61.0 Å². The first-order valence-electron chi connectivity index (χ1n) is 9.72. The third-order valence-corrected chi connectivity index (χ3v) is 4.69. The fraction of sp³-hybridized carbons (Fsp3) is 0.0417. The average Bonchev–Trinajstić information content (AvgIpc) is 2.81. The Morgan fingerprint density at radius 2 is 1.81 bits per heavy atom. The molecule has 0 aliphatic carbocycles. The van der Waals surface area contributed by atoms with Crippen molar-refractivity contribution >= 4 is 17.5 Å². The Bertz CT molecular complexity index is 1290. The minimum Gasteiger partial charge on any atom is -0.438 e. The van der Waals surface area contributed by atoms with E-state index in [0.29, 0.717) is 39.7 Å². The second-order valence-corrected chi connectivity index (χ2v) is 6.93. The van der Waals surface area contributed by atoms with Crippen LogP contribution in [-0.4, -0.2) is 26.8 Å². The molecular weight excluding hydrogens is 406 g/mol. The summed E-state index contributed by atoms with van der Waals surface area (Å²) in [7, 11) is 0. The van der Waals surface area contributed by atoms with Crippen molar-refractivity contribution in [3.05, 3.63) is 96.1 Å². The van der Waals surface area contributed by atoms with E-state index in [1.54, 1.807) is 60.9 Å². The van der Waals surface area contributed by atoms with Crippen molar-refractivity contribution in [3.63, 3.8) is 0 Å². The van der Waals surface area contributed by atoms with Crippen molar-refractivity contribution in [3.8, 4) is 22.9 Å². The summed E-state index contributed by atoms with van der Waals surface area (Å²) in [4.78, 5) is 36.7. The Balaban J connectivity index is 1.60. The zero-order valence-corrected chi connectivity index (χ0v) is 17.1. The maximum absolute atomic E-state index is 12.8. The highest BCUT2D eigenvalue weighted by Crippen LogP contribution is 2.32. The normalized spacial score (nSPS) is 10.4. The number of benzene rings is 2. The zero-order valence-electron chi connectivity index (χ0n) is 17.1. The van der Waals surface area contributed by atoms with Crippen LogP contribution >= 0.6 is 0 Å². The van der Waals surface area contributed by atoms with Crippen LogP contribution in [-0.2, 0) is 0 Å². The Labute approximate surface area is 184 Å². The van der Waals surface area contributed by atoms with Crippen LogP contribution in [0.4, 0.5) is 5.69 Å². The number of pyridine rings is 1. The molecule has 2 amide bonds. The number of aryl methyl sites for hydroxylation is 1. The molecule has 3 N–H and O–H groups in total. The Morgan fingerprint density at radius 3 is 2.59 bits per heavy atom. The molecule has 0 saturated heterocycles. The highest BCUT2D eigenvalue weighted by Gasteiger charge is 2.14. The monoisotopic (exact) mass is 425 g/mol. The number of hydrogen-bond donors (Lipinski definition) is 2. The van der Waals surface area contributed by atoms with Crippen LogP contribution < -0.4 is 15.8 Å². The molecule has 0 fully saturated rings. The SMILES string of the molecule is Cc1ccc(C(=O)Nc2cccc(C(N)=O)c2)cc1Oc1ncccc1-c1ccncn1. The van der Waals surface area contributed by atoms with Crippen molar-refractivity contribution < 1.29 is 14.3 Å². The molecule has 4 aromatic rings. The highest BCUT2D eigenvalue weighted by atomic mass is 16.5.